The second kappa shape index (κ2) is 7.41. The van der Waals surface area contributed by atoms with Gasteiger partial charge in [-0.3, -0.25) is 0 Å². The molecule has 2 fully saturated rings. The molecule has 1 aromatic rings. The molecular formula is C19H25BN2O5. The van der Waals surface area contributed by atoms with Crippen LogP contribution >= 0.6 is 0 Å². The lowest BCUT2D eigenvalue weighted by Gasteiger charge is -2.39. The smallest absolute Gasteiger partial charge is 0.488 e. The number of rotatable bonds is 3. The number of nitriles is 1. The molecular weight excluding hydrogens is 347 g/mol. The van der Waals surface area contributed by atoms with E-state index in [1.807, 2.05) is 31.7 Å². The summed E-state index contributed by atoms with van der Waals surface area (Å²) in [7, 11) is -1.66. The summed E-state index contributed by atoms with van der Waals surface area (Å²) in [5, 5.41) is 27.9. The highest BCUT2D eigenvalue weighted by atomic mass is 16.6. The minimum atomic E-state index is -1.66. The Morgan fingerprint density at radius 1 is 1.22 bits per heavy atom. The molecule has 2 saturated heterocycles. The molecule has 1 aromatic carbocycles. The van der Waals surface area contributed by atoms with Gasteiger partial charge in [-0.1, -0.05) is 0 Å². The van der Waals surface area contributed by atoms with E-state index in [1.165, 1.54) is 12.1 Å². The first-order chi connectivity index (χ1) is 12.7. The average molecular weight is 372 g/mol. The number of hydrogen-bond donors (Lipinski definition) is 2. The molecule has 1 amide bonds. The van der Waals surface area contributed by atoms with Crippen molar-refractivity contribution in [1.29, 1.82) is 5.26 Å². The number of amides is 1. The van der Waals surface area contributed by atoms with Crippen molar-refractivity contribution in [2.45, 2.75) is 70.2 Å². The maximum atomic E-state index is 12.5. The summed E-state index contributed by atoms with van der Waals surface area (Å²) in [6, 6.07) is 6.70. The number of piperidine rings is 1. The van der Waals surface area contributed by atoms with Gasteiger partial charge in [0.25, 0.3) is 0 Å². The monoisotopic (exact) mass is 372 g/mol. The van der Waals surface area contributed by atoms with Gasteiger partial charge < -0.3 is 24.4 Å². The highest BCUT2D eigenvalue weighted by Gasteiger charge is 2.45. The molecule has 8 heteroatoms. The fourth-order valence-electron chi connectivity index (χ4n) is 3.93. The second-order valence-electron chi connectivity index (χ2n) is 8.26. The molecule has 2 aliphatic rings. The number of ether oxygens (including phenoxy) is 2. The highest BCUT2D eigenvalue weighted by Crippen LogP contribution is 2.38. The van der Waals surface area contributed by atoms with E-state index in [1.54, 1.807) is 6.07 Å². The summed E-state index contributed by atoms with van der Waals surface area (Å²) in [5.74, 6) is 0.437. The zero-order valence-electron chi connectivity index (χ0n) is 15.9. The lowest BCUT2D eigenvalue weighted by Crippen LogP contribution is -2.50. The van der Waals surface area contributed by atoms with Crippen LogP contribution in [0.4, 0.5) is 4.79 Å². The molecule has 0 saturated carbocycles. The molecule has 0 radical (unpaired) electrons. The number of nitrogens with zero attached hydrogens (tertiary/aromatic N) is 2. The molecule has 2 unspecified atom stereocenters. The topological polar surface area (TPSA) is 103 Å². The van der Waals surface area contributed by atoms with Gasteiger partial charge in [-0.15, -0.1) is 0 Å². The Hall–Kier alpha value is -2.24. The lowest BCUT2D eigenvalue weighted by atomic mass is 9.79. The molecule has 0 aliphatic carbocycles. The van der Waals surface area contributed by atoms with Gasteiger partial charge in [-0.2, -0.15) is 5.26 Å². The van der Waals surface area contributed by atoms with Crippen molar-refractivity contribution in [3.8, 4) is 11.8 Å². The van der Waals surface area contributed by atoms with Gasteiger partial charge in [0.15, 0.2) is 0 Å². The Morgan fingerprint density at radius 3 is 2.37 bits per heavy atom. The van der Waals surface area contributed by atoms with E-state index < -0.39 is 12.7 Å². The van der Waals surface area contributed by atoms with Gasteiger partial charge in [0.1, 0.15) is 17.5 Å². The van der Waals surface area contributed by atoms with E-state index in [0.717, 1.165) is 12.8 Å². The van der Waals surface area contributed by atoms with Crippen molar-refractivity contribution >= 4 is 18.7 Å². The normalized spacial score (nSPS) is 24.3. The molecule has 0 spiro atoms. The summed E-state index contributed by atoms with van der Waals surface area (Å²) in [6.45, 7) is 5.58. The molecule has 2 heterocycles. The highest BCUT2D eigenvalue weighted by molar-refractivity contribution is 6.58. The third-order valence-electron chi connectivity index (χ3n) is 4.95. The fraction of sp³-hybridized carbons (Fsp3) is 0.579. The maximum Gasteiger partial charge on any atom is 0.488 e. The molecule has 3 rings (SSSR count). The first-order valence-corrected chi connectivity index (χ1v) is 9.25. The quantitative estimate of drug-likeness (QED) is 0.781. The molecule has 144 valence electrons. The molecule has 2 atom stereocenters. The van der Waals surface area contributed by atoms with Gasteiger partial charge in [-0.25, -0.2) is 4.79 Å². The number of hydrogen-bond acceptors (Lipinski definition) is 6. The van der Waals surface area contributed by atoms with E-state index in [0.29, 0.717) is 24.2 Å². The summed E-state index contributed by atoms with van der Waals surface area (Å²) < 4.78 is 11.6. The molecule has 2 bridgehead atoms. The first-order valence-electron chi connectivity index (χ1n) is 9.25. The Balaban J connectivity index is 1.70. The van der Waals surface area contributed by atoms with Crippen LogP contribution in [0.15, 0.2) is 18.2 Å². The van der Waals surface area contributed by atoms with Crippen LogP contribution in [0.5, 0.6) is 5.75 Å². The van der Waals surface area contributed by atoms with Crippen LogP contribution in [0, 0.1) is 11.3 Å². The molecule has 2 N–H and O–H groups in total. The van der Waals surface area contributed by atoms with Crippen LogP contribution < -0.4 is 10.2 Å². The van der Waals surface area contributed by atoms with E-state index in [9.17, 15) is 14.8 Å². The predicted octanol–water partition coefficient (Wildman–Crippen LogP) is 1.55. The van der Waals surface area contributed by atoms with Crippen molar-refractivity contribution in [1.82, 2.24) is 4.90 Å². The largest absolute Gasteiger partial charge is 0.490 e. The first kappa shape index (κ1) is 19.5. The average Bonchev–Trinajstić information content (AvgIpc) is 2.84. The summed E-state index contributed by atoms with van der Waals surface area (Å²) >= 11 is 0. The van der Waals surface area contributed by atoms with Gasteiger partial charge in [0, 0.05) is 24.9 Å². The van der Waals surface area contributed by atoms with Crippen molar-refractivity contribution in [3.63, 3.8) is 0 Å². The third kappa shape index (κ3) is 4.55. The van der Waals surface area contributed by atoms with E-state index in [4.69, 9.17) is 14.7 Å². The Kier molecular flexibility index (Phi) is 5.36. The van der Waals surface area contributed by atoms with Crippen LogP contribution in [0.25, 0.3) is 0 Å². The van der Waals surface area contributed by atoms with Crippen molar-refractivity contribution in [2.75, 3.05) is 0 Å². The molecule has 27 heavy (non-hydrogen) atoms. The standard InChI is InChI=1S/C19H25BN2O5/c1-19(2,3)27-18(23)22-14-4-5-15(22)10-17(9-14)26-16-7-12(11-21)6-13(8-16)20(24)25/h6-8,14-15,17,24-25H,4-5,9-10H2,1-3H3. The van der Waals surface area contributed by atoms with Crippen LogP contribution in [0.1, 0.15) is 52.0 Å². The summed E-state index contributed by atoms with van der Waals surface area (Å²) in [5.41, 5.74) is 0.00587. The second-order valence-corrected chi connectivity index (χ2v) is 8.26. The summed E-state index contributed by atoms with van der Waals surface area (Å²) in [4.78, 5) is 14.4. The number of fused-ring (bicyclic) bond motifs is 2. The zero-order valence-corrected chi connectivity index (χ0v) is 15.9. The van der Waals surface area contributed by atoms with Crippen molar-refractivity contribution < 1.29 is 24.3 Å². The van der Waals surface area contributed by atoms with E-state index >= 15 is 0 Å². The van der Waals surface area contributed by atoms with Gasteiger partial charge >= 0.3 is 13.2 Å². The Morgan fingerprint density at radius 2 is 1.85 bits per heavy atom. The predicted molar refractivity (Wildman–Crippen MR) is 99.5 cm³/mol. The maximum absolute atomic E-state index is 12.5. The Labute approximate surface area is 159 Å². The van der Waals surface area contributed by atoms with Crippen LogP contribution in [0.2, 0.25) is 0 Å². The van der Waals surface area contributed by atoms with E-state index in [-0.39, 0.29) is 29.7 Å². The lowest BCUT2D eigenvalue weighted by molar-refractivity contribution is -0.00707. The molecule has 7 nitrogen and oxygen atoms in total. The van der Waals surface area contributed by atoms with Gasteiger partial charge in [0.2, 0.25) is 0 Å². The number of carbonyl (C=O) groups is 1. The molecule has 2 aliphatic heterocycles. The minimum Gasteiger partial charge on any atom is -0.490 e. The SMILES string of the molecule is CC(C)(C)OC(=O)N1C2CCC1CC(Oc1cc(C#N)cc(B(O)O)c1)C2. The summed E-state index contributed by atoms with van der Waals surface area (Å²) in [6.07, 6.45) is 2.84. The van der Waals surface area contributed by atoms with E-state index in [2.05, 4.69) is 0 Å². The fourth-order valence-corrected chi connectivity index (χ4v) is 3.93. The minimum absolute atomic E-state index is 0.0747. The van der Waals surface area contributed by atoms with Crippen LogP contribution in [-0.2, 0) is 4.74 Å². The van der Waals surface area contributed by atoms with Crippen LogP contribution in [0.3, 0.4) is 0 Å². The third-order valence-corrected chi connectivity index (χ3v) is 4.95. The zero-order chi connectivity index (χ0) is 19.8. The van der Waals surface area contributed by atoms with Crippen LogP contribution in [-0.4, -0.2) is 51.9 Å². The number of benzene rings is 1. The van der Waals surface area contributed by atoms with Crippen molar-refractivity contribution in [3.05, 3.63) is 23.8 Å². The Bertz CT molecular complexity index is 741. The van der Waals surface area contributed by atoms with Gasteiger partial charge in [0.05, 0.1) is 11.6 Å². The van der Waals surface area contributed by atoms with Crippen molar-refractivity contribution in [2.24, 2.45) is 0 Å². The number of carbonyl (C=O) groups excluding carboxylic acids is 1. The van der Waals surface area contributed by atoms with Gasteiger partial charge in [-0.05, 0) is 57.3 Å². The molecule has 0 aromatic heterocycles.